The minimum Gasteiger partial charge on any atom is -0.329 e. The number of hydrogen-bond donors (Lipinski definition) is 2. The van der Waals surface area contributed by atoms with E-state index in [-0.39, 0.29) is 12.1 Å². The third-order valence-corrected chi connectivity index (χ3v) is 2.90. The Balaban J connectivity index is 2.47. The highest BCUT2D eigenvalue weighted by Gasteiger charge is 2.30. The van der Waals surface area contributed by atoms with Crippen LogP contribution in [0.5, 0.6) is 0 Å². The summed E-state index contributed by atoms with van der Waals surface area (Å²) in [4.78, 5) is 13.1. The van der Waals surface area contributed by atoms with Crippen LogP contribution in [0.1, 0.15) is 26.7 Å². The summed E-state index contributed by atoms with van der Waals surface area (Å²) in [5, 5.41) is 5.14. The molecule has 1 rings (SSSR count). The Morgan fingerprint density at radius 3 is 2.61 bits per heavy atom. The topological polar surface area (TPSA) is 44.4 Å². The van der Waals surface area contributed by atoms with E-state index >= 15 is 0 Å². The molecule has 0 aromatic heterocycles. The predicted octanol–water partition coefficient (Wildman–Crippen LogP) is 1.72. The Bertz CT molecular complexity index is 275. The van der Waals surface area contributed by atoms with E-state index in [1.165, 1.54) is 4.90 Å². The fraction of sp³-hybridized carbons (Fsp3) is 0.909. The molecule has 0 aromatic carbocycles. The molecule has 2 N–H and O–H groups in total. The number of carbonyl (C=O) groups excluding carboxylic acids is 1. The van der Waals surface area contributed by atoms with Crippen LogP contribution >= 0.6 is 0 Å². The Labute approximate surface area is 105 Å². The summed E-state index contributed by atoms with van der Waals surface area (Å²) in [6.07, 6.45) is -2.37. The van der Waals surface area contributed by atoms with Crippen LogP contribution in [-0.4, -0.2) is 48.8 Å². The van der Waals surface area contributed by atoms with Gasteiger partial charge in [0.05, 0.1) is 0 Å². The second-order valence-corrected chi connectivity index (χ2v) is 4.81. The van der Waals surface area contributed by atoms with Crippen molar-refractivity contribution in [1.82, 2.24) is 15.5 Å². The van der Waals surface area contributed by atoms with E-state index in [1.54, 1.807) is 13.8 Å². The van der Waals surface area contributed by atoms with Crippen molar-refractivity contribution in [3.8, 4) is 0 Å². The minimum absolute atomic E-state index is 0.124. The molecule has 0 radical (unpaired) electrons. The standard InChI is InChI=1S/C11H20F3N3O/c1-8(2)17(6-9-4-3-5-15-9)10(18)16-7-11(12,13)14/h8-9,15H,3-7H2,1-2H3,(H,16,18). The van der Waals surface area contributed by atoms with Gasteiger partial charge in [-0.05, 0) is 33.2 Å². The molecule has 1 saturated heterocycles. The molecular formula is C11H20F3N3O. The lowest BCUT2D eigenvalue weighted by atomic mass is 10.2. The van der Waals surface area contributed by atoms with E-state index in [0.717, 1.165) is 19.4 Å². The Morgan fingerprint density at radius 1 is 1.50 bits per heavy atom. The Morgan fingerprint density at radius 2 is 2.17 bits per heavy atom. The average molecular weight is 267 g/mol. The lowest BCUT2D eigenvalue weighted by Gasteiger charge is -2.29. The molecule has 2 amide bonds. The van der Waals surface area contributed by atoms with Crippen molar-refractivity contribution in [2.24, 2.45) is 0 Å². The second-order valence-electron chi connectivity index (χ2n) is 4.81. The number of carbonyl (C=O) groups is 1. The molecule has 1 atom stereocenters. The molecule has 1 fully saturated rings. The van der Waals surface area contributed by atoms with Crippen LogP contribution in [0.25, 0.3) is 0 Å². The number of halogens is 3. The molecular weight excluding hydrogens is 247 g/mol. The molecule has 7 heteroatoms. The highest BCUT2D eigenvalue weighted by atomic mass is 19.4. The number of nitrogens with one attached hydrogen (secondary N) is 2. The van der Waals surface area contributed by atoms with Crippen LogP contribution in [0, 0.1) is 0 Å². The van der Waals surface area contributed by atoms with E-state index in [1.807, 2.05) is 5.32 Å². The molecule has 1 unspecified atom stereocenters. The maximum Gasteiger partial charge on any atom is 0.405 e. The predicted molar refractivity (Wildman–Crippen MR) is 62.3 cm³/mol. The Kier molecular flexibility index (Phi) is 5.25. The van der Waals surface area contributed by atoms with Crippen molar-refractivity contribution in [2.75, 3.05) is 19.6 Å². The third kappa shape index (κ3) is 5.12. The zero-order valence-electron chi connectivity index (χ0n) is 10.7. The van der Waals surface area contributed by atoms with Crippen LogP contribution in [0.15, 0.2) is 0 Å². The van der Waals surface area contributed by atoms with Gasteiger partial charge in [-0.1, -0.05) is 0 Å². The van der Waals surface area contributed by atoms with Crippen molar-refractivity contribution in [3.63, 3.8) is 0 Å². The number of urea groups is 1. The van der Waals surface area contributed by atoms with Crippen LogP contribution in [0.4, 0.5) is 18.0 Å². The molecule has 1 aliphatic rings. The summed E-state index contributed by atoms with van der Waals surface area (Å²) in [7, 11) is 0. The molecule has 18 heavy (non-hydrogen) atoms. The van der Waals surface area contributed by atoms with Gasteiger partial charge in [0.1, 0.15) is 6.54 Å². The van der Waals surface area contributed by atoms with Gasteiger partial charge in [-0.25, -0.2) is 4.79 Å². The summed E-state index contributed by atoms with van der Waals surface area (Å²) >= 11 is 0. The summed E-state index contributed by atoms with van der Waals surface area (Å²) in [5.41, 5.74) is 0. The van der Waals surface area contributed by atoms with E-state index in [9.17, 15) is 18.0 Å². The highest BCUT2D eigenvalue weighted by molar-refractivity contribution is 5.74. The van der Waals surface area contributed by atoms with E-state index < -0.39 is 18.8 Å². The largest absolute Gasteiger partial charge is 0.405 e. The van der Waals surface area contributed by atoms with Gasteiger partial charge in [-0.3, -0.25) is 0 Å². The van der Waals surface area contributed by atoms with Gasteiger partial charge in [-0.2, -0.15) is 13.2 Å². The molecule has 1 aliphatic heterocycles. The first-order valence-electron chi connectivity index (χ1n) is 6.14. The van der Waals surface area contributed by atoms with Crippen molar-refractivity contribution >= 4 is 6.03 Å². The maximum absolute atomic E-state index is 12.0. The number of hydrogen-bond acceptors (Lipinski definition) is 2. The van der Waals surface area contributed by atoms with Gasteiger partial charge >= 0.3 is 12.2 Å². The average Bonchev–Trinajstić information content (AvgIpc) is 2.73. The van der Waals surface area contributed by atoms with Crippen LogP contribution in [-0.2, 0) is 0 Å². The van der Waals surface area contributed by atoms with Crippen molar-refractivity contribution in [2.45, 2.75) is 44.9 Å². The first-order valence-corrected chi connectivity index (χ1v) is 6.14. The lowest BCUT2D eigenvalue weighted by Crippen LogP contribution is -2.50. The van der Waals surface area contributed by atoms with Gasteiger partial charge in [0.15, 0.2) is 0 Å². The number of rotatable bonds is 4. The van der Waals surface area contributed by atoms with Gasteiger partial charge in [0, 0.05) is 18.6 Å². The lowest BCUT2D eigenvalue weighted by molar-refractivity contribution is -0.123. The number of alkyl halides is 3. The smallest absolute Gasteiger partial charge is 0.329 e. The maximum atomic E-state index is 12.0. The minimum atomic E-state index is -4.37. The van der Waals surface area contributed by atoms with E-state index in [4.69, 9.17) is 0 Å². The van der Waals surface area contributed by atoms with Crippen molar-refractivity contribution < 1.29 is 18.0 Å². The highest BCUT2D eigenvalue weighted by Crippen LogP contribution is 2.13. The van der Waals surface area contributed by atoms with Crippen LogP contribution in [0.2, 0.25) is 0 Å². The van der Waals surface area contributed by atoms with E-state index in [2.05, 4.69) is 5.32 Å². The first-order chi connectivity index (χ1) is 8.29. The second kappa shape index (κ2) is 6.26. The summed E-state index contributed by atoms with van der Waals surface area (Å²) in [6.45, 7) is 3.65. The molecule has 106 valence electrons. The first kappa shape index (κ1) is 15.1. The summed E-state index contributed by atoms with van der Waals surface area (Å²) in [5.74, 6) is 0. The Hall–Kier alpha value is -0.980. The number of nitrogens with zero attached hydrogens (tertiary/aromatic N) is 1. The quantitative estimate of drug-likeness (QED) is 0.814. The fourth-order valence-electron chi connectivity index (χ4n) is 1.96. The molecule has 0 aromatic rings. The molecule has 0 bridgehead atoms. The van der Waals surface area contributed by atoms with Gasteiger partial charge in [0.25, 0.3) is 0 Å². The van der Waals surface area contributed by atoms with Gasteiger partial charge < -0.3 is 15.5 Å². The summed E-state index contributed by atoms with van der Waals surface area (Å²) in [6, 6.07) is -0.597. The van der Waals surface area contributed by atoms with Crippen LogP contribution < -0.4 is 10.6 Å². The van der Waals surface area contributed by atoms with Crippen molar-refractivity contribution in [3.05, 3.63) is 0 Å². The molecule has 0 spiro atoms. The normalized spacial score (nSPS) is 20.2. The van der Waals surface area contributed by atoms with Gasteiger partial charge in [-0.15, -0.1) is 0 Å². The molecule has 4 nitrogen and oxygen atoms in total. The zero-order valence-corrected chi connectivity index (χ0v) is 10.7. The zero-order chi connectivity index (χ0) is 13.8. The fourth-order valence-corrected chi connectivity index (χ4v) is 1.96. The number of amides is 2. The monoisotopic (exact) mass is 267 g/mol. The molecule has 0 saturated carbocycles. The SMILES string of the molecule is CC(C)N(CC1CCCN1)C(=O)NCC(F)(F)F. The van der Waals surface area contributed by atoms with E-state index in [0.29, 0.717) is 6.54 Å². The molecule has 1 heterocycles. The van der Waals surface area contributed by atoms with Crippen LogP contribution in [0.3, 0.4) is 0 Å². The third-order valence-electron chi connectivity index (χ3n) is 2.90. The van der Waals surface area contributed by atoms with Crippen molar-refractivity contribution in [1.29, 1.82) is 0 Å². The molecule has 0 aliphatic carbocycles. The van der Waals surface area contributed by atoms with Gasteiger partial charge in [0.2, 0.25) is 0 Å². The summed E-state index contributed by atoms with van der Waals surface area (Å²) < 4.78 is 36.1.